The fraction of sp³-hybridized carbons (Fsp3) is 0.500. The summed E-state index contributed by atoms with van der Waals surface area (Å²) in [5.41, 5.74) is 0.241. The van der Waals surface area contributed by atoms with Crippen LogP contribution in [-0.2, 0) is 4.74 Å². The molecule has 2 amide bonds. The summed E-state index contributed by atoms with van der Waals surface area (Å²) in [6.07, 6.45) is -3.78. The Morgan fingerprint density at radius 1 is 1.23 bits per heavy atom. The maximum absolute atomic E-state index is 12.8. The number of urea groups is 1. The summed E-state index contributed by atoms with van der Waals surface area (Å²) in [5, 5.41) is 2.37. The summed E-state index contributed by atoms with van der Waals surface area (Å²) in [5.74, 6) is -0.491. The molecule has 0 aliphatic carbocycles. The van der Waals surface area contributed by atoms with Gasteiger partial charge < -0.3 is 15.0 Å². The van der Waals surface area contributed by atoms with Crippen molar-refractivity contribution in [2.75, 3.05) is 25.1 Å². The third kappa shape index (κ3) is 4.87. The molecule has 0 saturated carbocycles. The number of rotatable bonds is 3. The zero-order chi connectivity index (χ0) is 16.2. The molecule has 0 bridgehead atoms. The van der Waals surface area contributed by atoms with E-state index >= 15 is 0 Å². The van der Waals surface area contributed by atoms with Gasteiger partial charge in [0.2, 0.25) is 0 Å². The molecule has 1 aliphatic rings. The summed E-state index contributed by atoms with van der Waals surface area (Å²) in [6, 6.07) is 3.45. The molecular weight excluding hydrogens is 304 g/mol. The van der Waals surface area contributed by atoms with Crippen LogP contribution in [0.25, 0.3) is 0 Å². The van der Waals surface area contributed by atoms with Gasteiger partial charge in [-0.3, -0.25) is 0 Å². The fourth-order valence-corrected chi connectivity index (χ4v) is 2.29. The lowest BCUT2D eigenvalue weighted by atomic mass is 10.1. The summed E-state index contributed by atoms with van der Waals surface area (Å²) in [6.45, 7) is -0.684. The van der Waals surface area contributed by atoms with Crippen LogP contribution in [-0.4, -0.2) is 42.9 Å². The highest BCUT2D eigenvalue weighted by Crippen LogP contribution is 2.23. The molecule has 4 nitrogen and oxygen atoms in total. The van der Waals surface area contributed by atoms with Crippen molar-refractivity contribution in [1.82, 2.24) is 4.90 Å². The number of hydrogen-bond acceptors (Lipinski definition) is 2. The predicted molar refractivity (Wildman–Crippen MR) is 72.0 cm³/mol. The van der Waals surface area contributed by atoms with Gasteiger partial charge >= 0.3 is 12.2 Å². The van der Waals surface area contributed by atoms with Crippen molar-refractivity contribution in [2.45, 2.75) is 25.1 Å². The van der Waals surface area contributed by atoms with E-state index in [9.17, 15) is 22.4 Å². The third-order valence-electron chi connectivity index (χ3n) is 3.34. The van der Waals surface area contributed by atoms with Gasteiger partial charge in [0.15, 0.2) is 0 Å². The van der Waals surface area contributed by atoms with Crippen molar-refractivity contribution in [3.8, 4) is 0 Å². The van der Waals surface area contributed by atoms with Gasteiger partial charge in [0.25, 0.3) is 0 Å². The van der Waals surface area contributed by atoms with E-state index in [0.717, 1.165) is 17.0 Å². The average Bonchev–Trinajstić information content (AvgIpc) is 2.47. The lowest BCUT2D eigenvalue weighted by Gasteiger charge is -2.34. The Labute approximate surface area is 125 Å². The van der Waals surface area contributed by atoms with Crippen LogP contribution in [0.3, 0.4) is 0 Å². The molecule has 0 radical (unpaired) electrons. The second kappa shape index (κ2) is 6.95. The van der Waals surface area contributed by atoms with E-state index in [1.807, 2.05) is 0 Å². The lowest BCUT2D eigenvalue weighted by Crippen LogP contribution is -2.49. The van der Waals surface area contributed by atoms with Gasteiger partial charge in [-0.05, 0) is 37.1 Å². The molecule has 1 aromatic carbocycles. The van der Waals surface area contributed by atoms with Gasteiger partial charge in [0.05, 0.1) is 0 Å². The smallest absolute Gasteiger partial charge is 0.381 e. The van der Waals surface area contributed by atoms with Gasteiger partial charge in [0, 0.05) is 24.9 Å². The van der Waals surface area contributed by atoms with Gasteiger partial charge in [-0.2, -0.15) is 13.2 Å². The molecule has 8 heteroatoms. The average molecular weight is 320 g/mol. The molecule has 2 rings (SSSR count). The molecule has 1 N–H and O–H groups in total. The SMILES string of the molecule is O=C(Nc1ccc(F)cc1)N(CC(F)(F)F)C1CCOCC1. The Bertz CT molecular complexity index is 499. The molecule has 0 unspecified atom stereocenters. The van der Waals surface area contributed by atoms with E-state index in [2.05, 4.69) is 5.32 Å². The van der Waals surface area contributed by atoms with Crippen molar-refractivity contribution in [3.63, 3.8) is 0 Å². The zero-order valence-corrected chi connectivity index (χ0v) is 11.7. The molecular formula is C14H16F4N2O2. The Kier molecular flexibility index (Phi) is 5.23. The van der Waals surface area contributed by atoms with Gasteiger partial charge in [0.1, 0.15) is 12.4 Å². The van der Waals surface area contributed by atoms with Crippen LogP contribution in [0.5, 0.6) is 0 Å². The van der Waals surface area contributed by atoms with E-state index < -0.39 is 30.6 Å². The van der Waals surface area contributed by atoms with Crippen LogP contribution < -0.4 is 5.32 Å². The molecule has 0 atom stereocenters. The molecule has 122 valence electrons. The number of nitrogens with zero attached hydrogens (tertiary/aromatic N) is 1. The Morgan fingerprint density at radius 2 is 1.82 bits per heavy atom. The van der Waals surface area contributed by atoms with Crippen molar-refractivity contribution < 1.29 is 27.1 Å². The van der Waals surface area contributed by atoms with E-state index in [-0.39, 0.29) is 5.69 Å². The fourth-order valence-electron chi connectivity index (χ4n) is 2.29. The van der Waals surface area contributed by atoms with E-state index in [1.54, 1.807) is 0 Å². The number of amides is 2. The van der Waals surface area contributed by atoms with Gasteiger partial charge in [-0.1, -0.05) is 0 Å². The number of halogens is 4. The third-order valence-corrected chi connectivity index (χ3v) is 3.34. The quantitative estimate of drug-likeness (QED) is 0.867. The topological polar surface area (TPSA) is 41.6 Å². The molecule has 1 fully saturated rings. The van der Waals surface area contributed by atoms with Gasteiger partial charge in [-0.25, -0.2) is 9.18 Å². The molecule has 0 aromatic heterocycles. The monoisotopic (exact) mass is 320 g/mol. The number of carbonyl (C=O) groups is 1. The molecule has 22 heavy (non-hydrogen) atoms. The number of benzene rings is 1. The molecule has 1 heterocycles. The first-order valence-corrected chi connectivity index (χ1v) is 6.83. The molecule has 1 aliphatic heterocycles. The minimum atomic E-state index is -4.49. The zero-order valence-electron chi connectivity index (χ0n) is 11.7. The van der Waals surface area contributed by atoms with Crippen molar-refractivity contribution in [2.24, 2.45) is 0 Å². The van der Waals surface area contributed by atoms with Crippen molar-refractivity contribution in [1.29, 1.82) is 0 Å². The normalized spacial score (nSPS) is 16.4. The van der Waals surface area contributed by atoms with Crippen molar-refractivity contribution in [3.05, 3.63) is 30.1 Å². The first-order valence-electron chi connectivity index (χ1n) is 6.83. The number of ether oxygens (including phenoxy) is 1. The van der Waals surface area contributed by atoms with Crippen LogP contribution in [0.15, 0.2) is 24.3 Å². The van der Waals surface area contributed by atoms with E-state index in [0.29, 0.717) is 26.1 Å². The maximum atomic E-state index is 12.8. The number of carbonyl (C=O) groups excluding carboxylic acids is 1. The van der Waals surface area contributed by atoms with Crippen LogP contribution in [0, 0.1) is 5.82 Å². The Hall–Kier alpha value is -1.83. The van der Waals surface area contributed by atoms with Crippen molar-refractivity contribution >= 4 is 11.7 Å². The Balaban J connectivity index is 2.08. The number of hydrogen-bond donors (Lipinski definition) is 1. The first-order chi connectivity index (χ1) is 10.3. The minimum absolute atomic E-state index is 0.241. The van der Waals surface area contributed by atoms with Crippen LogP contribution in [0.4, 0.5) is 28.0 Å². The first kappa shape index (κ1) is 16.5. The summed E-state index contributed by atoms with van der Waals surface area (Å²) >= 11 is 0. The van der Waals surface area contributed by atoms with E-state index in [1.165, 1.54) is 12.1 Å². The van der Waals surface area contributed by atoms with Crippen LogP contribution >= 0.6 is 0 Å². The summed E-state index contributed by atoms with van der Waals surface area (Å²) in [4.78, 5) is 12.9. The largest absolute Gasteiger partial charge is 0.406 e. The molecule has 0 spiro atoms. The maximum Gasteiger partial charge on any atom is 0.406 e. The lowest BCUT2D eigenvalue weighted by molar-refractivity contribution is -0.146. The standard InChI is InChI=1S/C14H16F4N2O2/c15-10-1-3-11(4-2-10)19-13(21)20(9-14(16,17)18)12-5-7-22-8-6-12/h1-4,12H,5-9H2,(H,19,21). The Morgan fingerprint density at radius 3 is 2.36 bits per heavy atom. The molecule has 1 aromatic rings. The van der Waals surface area contributed by atoms with Gasteiger partial charge in [-0.15, -0.1) is 0 Å². The highest BCUT2D eigenvalue weighted by Gasteiger charge is 2.37. The van der Waals surface area contributed by atoms with Crippen LogP contribution in [0.2, 0.25) is 0 Å². The number of anilines is 1. The minimum Gasteiger partial charge on any atom is -0.381 e. The molecule has 1 saturated heterocycles. The number of alkyl halides is 3. The second-order valence-electron chi connectivity index (χ2n) is 5.02. The predicted octanol–water partition coefficient (Wildman–Crippen LogP) is 3.40. The summed E-state index contributed by atoms with van der Waals surface area (Å²) < 4.78 is 56.1. The summed E-state index contributed by atoms with van der Waals surface area (Å²) in [7, 11) is 0. The van der Waals surface area contributed by atoms with Crippen LogP contribution in [0.1, 0.15) is 12.8 Å². The van der Waals surface area contributed by atoms with E-state index in [4.69, 9.17) is 4.74 Å². The second-order valence-corrected chi connectivity index (χ2v) is 5.02. The number of nitrogens with one attached hydrogen (secondary N) is 1. The highest BCUT2D eigenvalue weighted by molar-refractivity contribution is 5.89. The highest BCUT2D eigenvalue weighted by atomic mass is 19.4.